The van der Waals surface area contributed by atoms with Crippen LogP contribution in [0, 0.1) is 5.82 Å². The minimum absolute atomic E-state index is 0.0371. The first-order valence-electron chi connectivity index (χ1n) is 8.03. The van der Waals surface area contributed by atoms with Gasteiger partial charge >= 0.3 is 6.03 Å². The quantitative estimate of drug-likeness (QED) is 0.811. The minimum atomic E-state index is -0.662. The lowest BCUT2D eigenvalue weighted by Crippen LogP contribution is -2.55. The second kappa shape index (κ2) is 7.26. The van der Waals surface area contributed by atoms with Crippen LogP contribution < -0.4 is 10.6 Å². The molecule has 0 saturated carbocycles. The van der Waals surface area contributed by atoms with Crippen molar-refractivity contribution in [1.29, 1.82) is 0 Å². The highest BCUT2D eigenvalue weighted by Gasteiger charge is 2.30. The summed E-state index contributed by atoms with van der Waals surface area (Å²) in [4.78, 5) is 39.1. The molecule has 0 spiro atoms. The number of urea groups is 1. The number of nitrogens with one attached hydrogen (secondary N) is 2. The Balaban J connectivity index is 1.55. The van der Waals surface area contributed by atoms with Gasteiger partial charge in [-0.25, -0.2) is 9.18 Å². The number of rotatable bonds is 2. The molecule has 0 aromatic heterocycles. The van der Waals surface area contributed by atoms with Gasteiger partial charge in [0, 0.05) is 37.7 Å². The van der Waals surface area contributed by atoms with Crippen LogP contribution in [0.25, 0.3) is 0 Å². The molecule has 25 heavy (non-hydrogen) atoms. The second-order valence-electron chi connectivity index (χ2n) is 5.99. The molecule has 4 amide bonds. The summed E-state index contributed by atoms with van der Waals surface area (Å²) in [5.74, 6) is -1.27. The molecule has 0 radical (unpaired) electrons. The summed E-state index contributed by atoms with van der Waals surface area (Å²) in [6.07, 6.45) is 0.568. The average Bonchev–Trinajstić information content (AvgIpc) is 2.99. The maximum atomic E-state index is 13.9. The van der Waals surface area contributed by atoms with Gasteiger partial charge in [0.25, 0.3) is 5.91 Å². The van der Waals surface area contributed by atoms with E-state index in [-0.39, 0.29) is 22.5 Å². The molecule has 2 fully saturated rings. The summed E-state index contributed by atoms with van der Waals surface area (Å²) in [7, 11) is 0. The number of piperazine rings is 1. The molecular weight excluding hydrogens is 351 g/mol. The number of carbonyl (C=O) groups is 3. The number of hydrogen-bond acceptors (Lipinski definition) is 3. The van der Waals surface area contributed by atoms with Gasteiger partial charge in [-0.2, -0.15) is 0 Å². The van der Waals surface area contributed by atoms with Crippen molar-refractivity contribution in [3.63, 3.8) is 0 Å². The van der Waals surface area contributed by atoms with Crippen LogP contribution in [0.15, 0.2) is 18.2 Å². The van der Waals surface area contributed by atoms with E-state index in [9.17, 15) is 18.8 Å². The highest BCUT2D eigenvalue weighted by Crippen LogP contribution is 2.17. The maximum absolute atomic E-state index is 13.9. The monoisotopic (exact) mass is 368 g/mol. The van der Waals surface area contributed by atoms with Gasteiger partial charge in [0.2, 0.25) is 5.91 Å². The van der Waals surface area contributed by atoms with Gasteiger partial charge in [0.05, 0.1) is 5.56 Å². The van der Waals surface area contributed by atoms with E-state index in [1.807, 2.05) is 0 Å². The van der Waals surface area contributed by atoms with Crippen molar-refractivity contribution in [3.8, 4) is 0 Å². The van der Waals surface area contributed by atoms with Crippen LogP contribution in [0.5, 0.6) is 0 Å². The summed E-state index contributed by atoms with van der Waals surface area (Å²) >= 11 is 5.70. The van der Waals surface area contributed by atoms with Gasteiger partial charge in [-0.1, -0.05) is 11.6 Å². The Kier molecular flexibility index (Phi) is 5.08. The molecule has 2 aliphatic rings. The molecule has 7 nitrogen and oxygen atoms in total. The molecule has 9 heteroatoms. The zero-order chi connectivity index (χ0) is 18.0. The number of carbonyl (C=O) groups excluding carboxylic acids is 3. The van der Waals surface area contributed by atoms with Crippen molar-refractivity contribution in [1.82, 2.24) is 20.4 Å². The second-order valence-corrected chi connectivity index (χ2v) is 6.42. The first-order chi connectivity index (χ1) is 12.0. The fourth-order valence-corrected chi connectivity index (χ4v) is 3.08. The summed E-state index contributed by atoms with van der Waals surface area (Å²) in [6.45, 7) is 1.79. The third-order valence-corrected chi connectivity index (χ3v) is 4.60. The zero-order valence-electron chi connectivity index (χ0n) is 13.4. The Morgan fingerprint density at radius 3 is 2.48 bits per heavy atom. The Morgan fingerprint density at radius 1 is 1.20 bits per heavy atom. The summed E-state index contributed by atoms with van der Waals surface area (Å²) in [5.41, 5.74) is -0.0371. The van der Waals surface area contributed by atoms with E-state index >= 15 is 0 Å². The average molecular weight is 369 g/mol. The van der Waals surface area contributed by atoms with Crippen molar-refractivity contribution < 1.29 is 18.8 Å². The first kappa shape index (κ1) is 17.5. The van der Waals surface area contributed by atoms with Gasteiger partial charge in [-0.15, -0.1) is 0 Å². The fourth-order valence-electron chi connectivity index (χ4n) is 2.92. The minimum Gasteiger partial charge on any atom is -0.354 e. The highest BCUT2D eigenvalue weighted by molar-refractivity contribution is 6.30. The molecule has 0 unspecified atom stereocenters. The molecule has 2 aliphatic heterocycles. The number of amides is 4. The summed E-state index contributed by atoms with van der Waals surface area (Å²) in [6, 6.07) is 3.10. The first-order valence-corrected chi connectivity index (χ1v) is 8.41. The topological polar surface area (TPSA) is 81.8 Å². The molecule has 1 aromatic rings. The van der Waals surface area contributed by atoms with E-state index < -0.39 is 17.8 Å². The van der Waals surface area contributed by atoms with Crippen molar-refractivity contribution >= 4 is 29.4 Å². The molecule has 3 rings (SSSR count). The number of benzene rings is 1. The van der Waals surface area contributed by atoms with Crippen molar-refractivity contribution in [3.05, 3.63) is 34.6 Å². The fraction of sp³-hybridized carbons (Fsp3) is 0.438. The maximum Gasteiger partial charge on any atom is 0.318 e. The Labute approximate surface area is 149 Å². The van der Waals surface area contributed by atoms with Crippen LogP contribution in [0.2, 0.25) is 5.02 Å². The normalized spacial score (nSPS) is 20.4. The van der Waals surface area contributed by atoms with Crippen molar-refractivity contribution in [2.24, 2.45) is 0 Å². The largest absolute Gasteiger partial charge is 0.354 e. The molecule has 2 N–H and O–H groups in total. The number of nitrogens with zero attached hydrogens (tertiary/aromatic N) is 2. The van der Waals surface area contributed by atoms with E-state index in [0.717, 1.165) is 6.07 Å². The van der Waals surface area contributed by atoms with Crippen LogP contribution in [-0.2, 0) is 4.79 Å². The van der Waals surface area contributed by atoms with Crippen LogP contribution in [0.1, 0.15) is 16.8 Å². The van der Waals surface area contributed by atoms with Gasteiger partial charge in [-0.05, 0) is 24.6 Å². The van der Waals surface area contributed by atoms with Crippen LogP contribution >= 0.6 is 11.6 Å². The SMILES string of the molecule is O=C1NCC[C@@H]1NC(=O)N1CCN(C(=O)c2ccc(Cl)cc2F)CC1. The standard InChI is InChI=1S/C16H18ClFN4O3/c17-10-1-2-11(12(18)9-10)15(24)21-5-7-22(8-6-21)16(25)20-13-3-4-19-14(13)23/h1-2,9,13H,3-8H2,(H,19,23)(H,20,25)/t13-/m0/s1. The molecule has 134 valence electrons. The van der Waals surface area contributed by atoms with Crippen LogP contribution in [0.4, 0.5) is 9.18 Å². The van der Waals surface area contributed by atoms with Crippen molar-refractivity contribution in [2.45, 2.75) is 12.5 Å². The predicted molar refractivity (Wildman–Crippen MR) is 88.8 cm³/mol. The molecule has 1 atom stereocenters. The molecular formula is C16H18ClFN4O3. The van der Waals surface area contributed by atoms with E-state index in [2.05, 4.69) is 10.6 Å². The van der Waals surface area contributed by atoms with Gasteiger partial charge < -0.3 is 20.4 Å². The Hall–Kier alpha value is -2.35. The van der Waals surface area contributed by atoms with Crippen molar-refractivity contribution in [2.75, 3.05) is 32.7 Å². The highest BCUT2D eigenvalue weighted by atomic mass is 35.5. The Morgan fingerprint density at radius 2 is 1.88 bits per heavy atom. The predicted octanol–water partition coefficient (Wildman–Crippen LogP) is 0.835. The third-order valence-electron chi connectivity index (χ3n) is 4.36. The molecule has 0 bridgehead atoms. The number of hydrogen-bond donors (Lipinski definition) is 2. The van der Waals surface area contributed by atoms with E-state index in [0.29, 0.717) is 39.1 Å². The van der Waals surface area contributed by atoms with Gasteiger partial charge in [0.1, 0.15) is 11.9 Å². The molecule has 0 aliphatic carbocycles. The lowest BCUT2D eigenvalue weighted by atomic mass is 10.1. The lowest BCUT2D eigenvalue weighted by molar-refractivity contribution is -0.120. The number of halogens is 2. The lowest BCUT2D eigenvalue weighted by Gasteiger charge is -2.35. The van der Waals surface area contributed by atoms with E-state index in [1.165, 1.54) is 17.0 Å². The summed E-state index contributed by atoms with van der Waals surface area (Å²) < 4.78 is 13.9. The van der Waals surface area contributed by atoms with Crippen LogP contribution in [-0.4, -0.2) is 66.4 Å². The zero-order valence-corrected chi connectivity index (χ0v) is 14.2. The summed E-state index contributed by atoms with van der Waals surface area (Å²) in [5, 5.41) is 5.57. The van der Waals surface area contributed by atoms with E-state index in [1.54, 1.807) is 4.90 Å². The van der Waals surface area contributed by atoms with E-state index in [4.69, 9.17) is 11.6 Å². The smallest absolute Gasteiger partial charge is 0.318 e. The molecule has 2 heterocycles. The molecule has 1 aromatic carbocycles. The van der Waals surface area contributed by atoms with Gasteiger partial charge in [-0.3, -0.25) is 9.59 Å². The van der Waals surface area contributed by atoms with Crippen LogP contribution in [0.3, 0.4) is 0 Å². The third kappa shape index (κ3) is 3.84. The van der Waals surface area contributed by atoms with Gasteiger partial charge in [0.15, 0.2) is 0 Å². The molecule has 2 saturated heterocycles. The Bertz CT molecular complexity index is 707.